The van der Waals surface area contributed by atoms with E-state index in [1.165, 1.54) is 18.3 Å². The third kappa shape index (κ3) is 4.46. The Bertz CT molecular complexity index is 1020. The van der Waals surface area contributed by atoms with Gasteiger partial charge in [-0.05, 0) is 54.8 Å². The van der Waals surface area contributed by atoms with E-state index in [-0.39, 0.29) is 5.69 Å². The van der Waals surface area contributed by atoms with Crippen molar-refractivity contribution in [1.82, 2.24) is 15.6 Å². The Hall–Kier alpha value is -3.42. The van der Waals surface area contributed by atoms with Crippen molar-refractivity contribution in [1.29, 1.82) is 0 Å². The molecule has 0 unspecified atom stereocenters. The van der Waals surface area contributed by atoms with Crippen LogP contribution in [0.2, 0.25) is 0 Å². The molecule has 8 heteroatoms. The number of aromatic nitrogens is 2. The Kier molecular flexibility index (Phi) is 5.30. The molecule has 0 spiro atoms. The molecule has 144 valence electrons. The number of nitrogens with one attached hydrogen (secondary N) is 2. The van der Waals surface area contributed by atoms with Crippen molar-refractivity contribution in [2.45, 2.75) is 20.0 Å². The Morgan fingerprint density at radius 2 is 1.79 bits per heavy atom. The lowest BCUT2D eigenvalue weighted by molar-refractivity contribution is -0.137. The molecule has 1 heterocycles. The van der Waals surface area contributed by atoms with E-state index in [1.807, 2.05) is 32.0 Å². The van der Waals surface area contributed by atoms with Crippen LogP contribution in [0.1, 0.15) is 32.7 Å². The largest absolute Gasteiger partial charge is 0.416 e. The minimum atomic E-state index is -4.39. The Morgan fingerprint density at radius 1 is 1.07 bits per heavy atom. The summed E-state index contributed by atoms with van der Waals surface area (Å²) in [5.74, 6) is -0.509. The van der Waals surface area contributed by atoms with Crippen molar-refractivity contribution in [3.05, 3.63) is 76.5 Å². The molecular weight excluding hydrogens is 369 g/mol. The quantitative estimate of drug-likeness (QED) is 0.513. The zero-order chi connectivity index (χ0) is 20.3. The summed E-state index contributed by atoms with van der Waals surface area (Å²) in [6, 6.07) is 11.9. The fourth-order valence-corrected chi connectivity index (χ4v) is 2.47. The molecule has 1 amide bonds. The molecule has 3 aromatic rings. The maximum Gasteiger partial charge on any atom is 0.416 e. The number of amides is 1. The SMILES string of the molecule is Cc1ccc(-c2cc(C(=O)N/N=C\c3ccc(C(F)(F)F)cc3)[nH]n2)cc1C. The van der Waals surface area contributed by atoms with Crippen molar-refractivity contribution in [2.24, 2.45) is 5.10 Å². The fraction of sp³-hybridized carbons (Fsp3) is 0.150. The minimum absolute atomic E-state index is 0.220. The number of nitrogens with zero attached hydrogens (tertiary/aromatic N) is 2. The molecular formula is C20H17F3N4O. The summed E-state index contributed by atoms with van der Waals surface area (Å²) >= 11 is 0. The van der Waals surface area contributed by atoms with Crippen LogP contribution in [-0.2, 0) is 6.18 Å². The molecule has 0 radical (unpaired) electrons. The number of rotatable bonds is 4. The van der Waals surface area contributed by atoms with Crippen molar-refractivity contribution < 1.29 is 18.0 Å². The van der Waals surface area contributed by atoms with E-state index in [9.17, 15) is 18.0 Å². The summed E-state index contributed by atoms with van der Waals surface area (Å²) in [7, 11) is 0. The second-order valence-electron chi connectivity index (χ2n) is 6.28. The van der Waals surface area contributed by atoms with Crippen LogP contribution in [-0.4, -0.2) is 22.3 Å². The fourth-order valence-electron chi connectivity index (χ4n) is 2.47. The molecule has 0 fully saturated rings. The highest BCUT2D eigenvalue weighted by Crippen LogP contribution is 2.28. The van der Waals surface area contributed by atoms with E-state index < -0.39 is 17.6 Å². The van der Waals surface area contributed by atoms with Crippen molar-refractivity contribution in [3.8, 4) is 11.3 Å². The number of aromatic amines is 1. The number of benzene rings is 2. The summed E-state index contributed by atoms with van der Waals surface area (Å²) in [5, 5.41) is 10.5. The molecule has 0 saturated carbocycles. The second kappa shape index (κ2) is 7.67. The van der Waals surface area contributed by atoms with Gasteiger partial charge in [-0.1, -0.05) is 24.3 Å². The van der Waals surface area contributed by atoms with Gasteiger partial charge in [-0.15, -0.1) is 0 Å². The third-order valence-corrected chi connectivity index (χ3v) is 4.24. The average molecular weight is 386 g/mol. The van der Waals surface area contributed by atoms with Gasteiger partial charge in [0.1, 0.15) is 5.69 Å². The summed E-state index contributed by atoms with van der Waals surface area (Å²) in [6.45, 7) is 4.01. The number of aryl methyl sites for hydroxylation is 2. The van der Waals surface area contributed by atoms with Crippen LogP contribution in [0.15, 0.2) is 53.6 Å². The van der Waals surface area contributed by atoms with Gasteiger partial charge in [-0.3, -0.25) is 9.89 Å². The smallest absolute Gasteiger partial charge is 0.272 e. The summed E-state index contributed by atoms with van der Waals surface area (Å²) in [4.78, 5) is 12.1. The number of carbonyl (C=O) groups is 1. The predicted octanol–water partition coefficient (Wildman–Crippen LogP) is 4.48. The van der Waals surface area contributed by atoms with E-state index in [2.05, 4.69) is 20.7 Å². The van der Waals surface area contributed by atoms with E-state index in [0.717, 1.165) is 28.8 Å². The molecule has 0 saturated heterocycles. The lowest BCUT2D eigenvalue weighted by Gasteiger charge is -2.05. The number of hydrogen-bond donors (Lipinski definition) is 2. The first kappa shape index (κ1) is 19.3. The highest BCUT2D eigenvalue weighted by Gasteiger charge is 2.29. The lowest BCUT2D eigenvalue weighted by atomic mass is 10.0. The van der Waals surface area contributed by atoms with Crippen LogP contribution in [0, 0.1) is 13.8 Å². The van der Waals surface area contributed by atoms with Gasteiger partial charge in [0.2, 0.25) is 0 Å². The molecule has 2 N–H and O–H groups in total. The zero-order valence-corrected chi connectivity index (χ0v) is 15.1. The number of halogens is 3. The van der Waals surface area contributed by atoms with Crippen LogP contribution in [0.25, 0.3) is 11.3 Å². The first-order valence-corrected chi connectivity index (χ1v) is 8.38. The molecule has 28 heavy (non-hydrogen) atoms. The monoisotopic (exact) mass is 386 g/mol. The molecule has 5 nitrogen and oxygen atoms in total. The Balaban J connectivity index is 1.64. The Morgan fingerprint density at radius 3 is 2.43 bits per heavy atom. The van der Waals surface area contributed by atoms with Gasteiger partial charge in [0.05, 0.1) is 17.5 Å². The van der Waals surface area contributed by atoms with E-state index in [4.69, 9.17) is 0 Å². The van der Waals surface area contributed by atoms with Gasteiger partial charge in [-0.25, -0.2) is 5.43 Å². The minimum Gasteiger partial charge on any atom is -0.272 e. The van der Waals surface area contributed by atoms with Crippen LogP contribution >= 0.6 is 0 Å². The molecule has 2 aromatic carbocycles. The van der Waals surface area contributed by atoms with Gasteiger partial charge in [-0.2, -0.15) is 23.4 Å². The molecule has 0 bridgehead atoms. The number of H-pyrrole nitrogens is 1. The number of hydrazone groups is 1. The van der Waals surface area contributed by atoms with Crippen LogP contribution < -0.4 is 5.43 Å². The average Bonchev–Trinajstić information content (AvgIpc) is 3.14. The van der Waals surface area contributed by atoms with Gasteiger partial charge in [0, 0.05) is 5.56 Å². The van der Waals surface area contributed by atoms with Crippen LogP contribution in [0.3, 0.4) is 0 Å². The molecule has 1 aromatic heterocycles. The summed E-state index contributed by atoms with van der Waals surface area (Å²) < 4.78 is 37.6. The standard InChI is InChI=1S/C20H17F3N4O/c1-12-3-6-15(9-13(12)2)17-10-18(26-25-17)19(28)27-24-11-14-4-7-16(8-5-14)20(21,22)23/h3-11H,1-2H3,(H,25,26)(H,27,28)/b24-11-. The predicted molar refractivity (Wildman–Crippen MR) is 100 cm³/mol. The van der Waals surface area contributed by atoms with Gasteiger partial charge in [0.15, 0.2) is 0 Å². The van der Waals surface area contributed by atoms with Crippen LogP contribution in [0.4, 0.5) is 13.2 Å². The molecule has 0 atom stereocenters. The van der Waals surface area contributed by atoms with E-state index in [1.54, 1.807) is 6.07 Å². The molecule has 0 aliphatic rings. The van der Waals surface area contributed by atoms with Gasteiger partial charge < -0.3 is 0 Å². The highest BCUT2D eigenvalue weighted by atomic mass is 19.4. The van der Waals surface area contributed by atoms with Crippen molar-refractivity contribution >= 4 is 12.1 Å². The molecule has 0 aliphatic carbocycles. The Labute approximate surface area is 159 Å². The zero-order valence-electron chi connectivity index (χ0n) is 15.1. The lowest BCUT2D eigenvalue weighted by Crippen LogP contribution is -2.18. The van der Waals surface area contributed by atoms with E-state index in [0.29, 0.717) is 11.3 Å². The molecule has 3 rings (SSSR count). The second-order valence-corrected chi connectivity index (χ2v) is 6.28. The number of carbonyl (C=O) groups excluding carboxylic acids is 1. The number of hydrogen-bond acceptors (Lipinski definition) is 3. The normalized spacial score (nSPS) is 11.8. The summed E-state index contributed by atoms with van der Waals surface area (Å²) in [5.41, 5.74) is 6.00. The van der Waals surface area contributed by atoms with Gasteiger partial charge >= 0.3 is 6.18 Å². The first-order valence-electron chi connectivity index (χ1n) is 8.38. The van der Waals surface area contributed by atoms with E-state index >= 15 is 0 Å². The first-order chi connectivity index (χ1) is 13.2. The maximum atomic E-state index is 12.5. The number of alkyl halides is 3. The van der Waals surface area contributed by atoms with Crippen molar-refractivity contribution in [2.75, 3.05) is 0 Å². The third-order valence-electron chi connectivity index (χ3n) is 4.24. The van der Waals surface area contributed by atoms with Crippen molar-refractivity contribution in [3.63, 3.8) is 0 Å². The maximum absolute atomic E-state index is 12.5. The molecule has 0 aliphatic heterocycles. The summed E-state index contributed by atoms with van der Waals surface area (Å²) in [6.07, 6.45) is -3.13. The highest BCUT2D eigenvalue weighted by molar-refractivity contribution is 5.94. The topological polar surface area (TPSA) is 70.1 Å². The van der Waals surface area contributed by atoms with Crippen LogP contribution in [0.5, 0.6) is 0 Å². The van der Waals surface area contributed by atoms with Gasteiger partial charge in [0.25, 0.3) is 5.91 Å².